The lowest BCUT2D eigenvalue weighted by molar-refractivity contribution is 0.296. The lowest BCUT2D eigenvalue weighted by Crippen LogP contribution is -2.07. The fraction of sp³-hybridized carbons (Fsp3) is 0.412. The molecular weight excluding hydrogens is 281 g/mol. The minimum absolute atomic E-state index is 0.223. The van der Waals surface area contributed by atoms with Crippen molar-refractivity contribution < 1.29 is 9.13 Å². The molecule has 0 saturated carbocycles. The van der Waals surface area contributed by atoms with E-state index < -0.39 is 0 Å². The smallest absolute Gasteiger partial charge is 0.218 e. The normalized spacial score (nSPS) is 10.5. The Morgan fingerprint density at radius 2 is 2.00 bits per heavy atom. The van der Waals surface area contributed by atoms with Crippen molar-refractivity contribution in [2.24, 2.45) is 0 Å². The lowest BCUT2D eigenvalue weighted by Gasteiger charge is -2.10. The number of hydrogen-bond donors (Lipinski definition) is 1. The third kappa shape index (κ3) is 4.69. The Labute approximate surface area is 130 Å². The van der Waals surface area contributed by atoms with E-state index in [-0.39, 0.29) is 5.82 Å². The number of halogens is 1. The molecule has 1 aromatic carbocycles. The van der Waals surface area contributed by atoms with Gasteiger partial charge in [0.1, 0.15) is 17.5 Å². The van der Waals surface area contributed by atoms with Gasteiger partial charge in [-0.05, 0) is 12.5 Å². The van der Waals surface area contributed by atoms with E-state index in [1.165, 1.54) is 6.07 Å². The van der Waals surface area contributed by atoms with Crippen molar-refractivity contribution in [2.45, 2.75) is 39.7 Å². The third-order valence-electron chi connectivity index (χ3n) is 3.23. The van der Waals surface area contributed by atoms with Crippen LogP contribution in [0.4, 0.5) is 10.2 Å². The van der Waals surface area contributed by atoms with Gasteiger partial charge < -0.3 is 10.1 Å². The summed E-state index contributed by atoms with van der Waals surface area (Å²) < 4.78 is 19.3. The van der Waals surface area contributed by atoms with Crippen molar-refractivity contribution >= 4 is 5.82 Å². The van der Waals surface area contributed by atoms with Gasteiger partial charge in [-0.2, -0.15) is 4.98 Å². The van der Waals surface area contributed by atoms with Crippen molar-refractivity contribution in [3.63, 3.8) is 0 Å². The predicted octanol–water partition coefficient (Wildman–Crippen LogP) is 3.97. The standard InChI is InChI=1S/C17H22FN3O/c1-3-5-10-22-17-11-16(20-15(4-2)21-17)19-12-13-8-6-7-9-14(13)18/h6-9,11H,3-5,10,12H2,1-2H3,(H,19,20,21). The molecule has 2 aromatic rings. The molecule has 0 amide bonds. The summed E-state index contributed by atoms with van der Waals surface area (Å²) in [5.74, 6) is 1.71. The molecule has 0 fully saturated rings. The third-order valence-corrected chi connectivity index (χ3v) is 3.23. The molecule has 1 heterocycles. The van der Waals surface area contributed by atoms with E-state index in [1.807, 2.05) is 13.0 Å². The second-order valence-corrected chi connectivity index (χ2v) is 5.01. The van der Waals surface area contributed by atoms with Crippen LogP contribution in [0.5, 0.6) is 5.88 Å². The van der Waals surface area contributed by atoms with Crippen molar-refractivity contribution in [1.29, 1.82) is 0 Å². The Morgan fingerprint density at radius 3 is 2.73 bits per heavy atom. The number of nitrogens with one attached hydrogen (secondary N) is 1. The van der Waals surface area contributed by atoms with Crippen LogP contribution < -0.4 is 10.1 Å². The Bertz CT molecular complexity index is 604. The van der Waals surface area contributed by atoms with Gasteiger partial charge in [0.05, 0.1) is 6.61 Å². The van der Waals surface area contributed by atoms with E-state index in [2.05, 4.69) is 22.2 Å². The minimum atomic E-state index is -0.223. The van der Waals surface area contributed by atoms with E-state index in [9.17, 15) is 4.39 Å². The van der Waals surface area contributed by atoms with Crippen molar-refractivity contribution in [3.05, 3.63) is 47.5 Å². The molecule has 1 N–H and O–H groups in total. The van der Waals surface area contributed by atoms with Gasteiger partial charge in [-0.3, -0.25) is 0 Å². The number of nitrogens with zero attached hydrogens (tertiary/aromatic N) is 2. The first-order chi connectivity index (χ1) is 10.7. The number of rotatable bonds is 8. The highest BCUT2D eigenvalue weighted by Gasteiger charge is 2.06. The SMILES string of the molecule is CCCCOc1cc(NCc2ccccc2F)nc(CC)n1. The van der Waals surface area contributed by atoms with Crippen LogP contribution in [0.1, 0.15) is 38.1 Å². The Hall–Kier alpha value is -2.17. The second-order valence-electron chi connectivity index (χ2n) is 5.01. The van der Waals surface area contributed by atoms with Crippen LogP contribution in [0.3, 0.4) is 0 Å². The second kappa shape index (κ2) is 8.32. The Kier molecular flexibility index (Phi) is 6.13. The van der Waals surface area contributed by atoms with Crippen LogP contribution in [0.25, 0.3) is 0 Å². The zero-order chi connectivity index (χ0) is 15.8. The fourth-order valence-corrected chi connectivity index (χ4v) is 1.94. The zero-order valence-corrected chi connectivity index (χ0v) is 13.1. The van der Waals surface area contributed by atoms with Crippen LogP contribution >= 0.6 is 0 Å². The molecule has 0 aliphatic carbocycles. The van der Waals surface area contributed by atoms with E-state index >= 15 is 0 Å². The Balaban J connectivity index is 2.06. The number of aromatic nitrogens is 2. The maximum atomic E-state index is 13.6. The summed E-state index contributed by atoms with van der Waals surface area (Å²) in [6.45, 7) is 5.12. The van der Waals surface area contributed by atoms with Crippen LogP contribution in [-0.4, -0.2) is 16.6 Å². The monoisotopic (exact) mass is 303 g/mol. The molecule has 0 aliphatic rings. The topological polar surface area (TPSA) is 47.0 Å². The summed E-state index contributed by atoms with van der Waals surface area (Å²) in [4.78, 5) is 8.75. The molecule has 118 valence electrons. The first-order valence-corrected chi connectivity index (χ1v) is 7.71. The number of unbranched alkanes of at least 4 members (excludes halogenated alkanes) is 1. The van der Waals surface area contributed by atoms with Gasteiger partial charge in [0.15, 0.2) is 0 Å². The van der Waals surface area contributed by atoms with Gasteiger partial charge in [-0.1, -0.05) is 38.5 Å². The van der Waals surface area contributed by atoms with Gasteiger partial charge in [0.25, 0.3) is 0 Å². The van der Waals surface area contributed by atoms with Gasteiger partial charge in [-0.25, -0.2) is 9.37 Å². The van der Waals surface area contributed by atoms with E-state index in [1.54, 1.807) is 18.2 Å². The minimum Gasteiger partial charge on any atom is -0.478 e. The van der Waals surface area contributed by atoms with Crippen molar-refractivity contribution in [2.75, 3.05) is 11.9 Å². The molecule has 0 saturated heterocycles. The molecule has 0 aliphatic heterocycles. The fourth-order valence-electron chi connectivity index (χ4n) is 1.94. The highest BCUT2D eigenvalue weighted by atomic mass is 19.1. The summed E-state index contributed by atoms with van der Waals surface area (Å²) in [6, 6.07) is 8.46. The maximum Gasteiger partial charge on any atom is 0.218 e. The van der Waals surface area contributed by atoms with Crippen molar-refractivity contribution in [3.8, 4) is 5.88 Å². The maximum absolute atomic E-state index is 13.6. The van der Waals surface area contributed by atoms with Crippen molar-refractivity contribution in [1.82, 2.24) is 9.97 Å². The number of hydrogen-bond acceptors (Lipinski definition) is 4. The average Bonchev–Trinajstić information content (AvgIpc) is 2.54. The summed E-state index contributed by atoms with van der Waals surface area (Å²) in [5.41, 5.74) is 0.604. The summed E-state index contributed by atoms with van der Waals surface area (Å²) in [6.07, 6.45) is 2.78. The molecule has 0 unspecified atom stereocenters. The molecule has 22 heavy (non-hydrogen) atoms. The van der Waals surface area contributed by atoms with Crippen LogP contribution in [-0.2, 0) is 13.0 Å². The number of anilines is 1. The molecule has 4 nitrogen and oxygen atoms in total. The molecule has 0 bridgehead atoms. The number of benzene rings is 1. The van der Waals surface area contributed by atoms with E-state index in [0.29, 0.717) is 36.2 Å². The number of ether oxygens (including phenoxy) is 1. The average molecular weight is 303 g/mol. The largest absolute Gasteiger partial charge is 0.478 e. The first-order valence-electron chi connectivity index (χ1n) is 7.71. The van der Waals surface area contributed by atoms with E-state index in [0.717, 1.165) is 19.3 Å². The van der Waals surface area contributed by atoms with Crippen LogP contribution in [0, 0.1) is 5.82 Å². The first kappa shape index (κ1) is 16.2. The molecule has 1 aromatic heterocycles. The summed E-state index contributed by atoms with van der Waals surface area (Å²) in [7, 11) is 0. The van der Waals surface area contributed by atoms with Crippen LogP contribution in [0.15, 0.2) is 30.3 Å². The predicted molar refractivity (Wildman–Crippen MR) is 85.5 cm³/mol. The number of aryl methyl sites for hydroxylation is 1. The van der Waals surface area contributed by atoms with Gasteiger partial charge in [-0.15, -0.1) is 0 Å². The van der Waals surface area contributed by atoms with E-state index in [4.69, 9.17) is 4.74 Å². The quantitative estimate of drug-likeness (QED) is 0.750. The molecule has 5 heteroatoms. The molecule has 0 atom stereocenters. The highest BCUT2D eigenvalue weighted by molar-refractivity contribution is 5.39. The lowest BCUT2D eigenvalue weighted by atomic mass is 10.2. The zero-order valence-electron chi connectivity index (χ0n) is 13.1. The molecule has 2 rings (SSSR count). The summed E-state index contributed by atoms with van der Waals surface area (Å²) in [5, 5.41) is 3.14. The Morgan fingerprint density at radius 1 is 1.18 bits per heavy atom. The highest BCUT2D eigenvalue weighted by Crippen LogP contribution is 2.16. The van der Waals surface area contributed by atoms with Gasteiger partial charge >= 0.3 is 0 Å². The molecular formula is C17H22FN3O. The van der Waals surface area contributed by atoms with Crippen LogP contribution in [0.2, 0.25) is 0 Å². The van der Waals surface area contributed by atoms with Gasteiger partial charge in [0, 0.05) is 24.6 Å². The summed E-state index contributed by atoms with van der Waals surface area (Å²) >= 11 is 0. The molecule has 0 radical (unpaired) electrons. The van der Waals surface area contributed by atoms with Gasteiger partial charge in [0.2, 0.25) is 5.88 Å². The molecule has 0 spiro atoms.